The largest absolute Gasteiger partial charge is 0.493 e. The number of aryl methyl sites for hydroxylation is 2. The molecule has 1 heterocycles. The monoisotopic (exact) mass is 487 g/mol. The molecule has 0 aliphatic rings. The van der Waals surface area contributed by atoms with E-state index >= 15 is 0 Å². The van der Waals surface area contributed by atoms with Gasteiger partial charge < -0.3 is 23.7 Å². The SMILES string of the molecule is CCCOc1cc(C)c(C(=O)O)c(OCc2ccc(OCc3nc(-c4ccccc4)oc3C)cc2)c1. The maximum absolute atomic E-state index is 11.8. The average molecular weight is 488 g/mol. The number of carbonyl (C=O) groups is 1. The van der Waals surface area contributed by atoms with E-state index < -0.39 is 5.97 Å². The number of carboxylic acid groups (broad SMARTS) is 1. The van der Waals surface area contributed by atoms with Gasteiger partial charge in [-0.15, -0.1) is 0 Å². The number of ether oxygens (including phenoxy) is 3. The first-order valence-electron chi connectivity index (χ1n) is 11.8. The lowest BCUT2D eigenvalue weighted by Crippen LogP contribution is -2.07. The van der Waals surface area contributed by atoms with E-state index in [1.165, 1.54) is 0 Å². The molecule has 0 radical (unpaired) electrons. The summed E-state index contributed by atoms with van der Waals surface area (Å²) in [5, 5.41) is 9.64. The zero-order valence-electron chi connectivity index (χ0n) is 20.6. The minimum atomic E-state index is -1.04. The number of aromatic nitrogens is 1. The highest BCUT2D eigenvalue weighted by molar-refractivity contribution is 5.93. The molecule has 0 saturated carbocycles. The van der Waals surface area contributed by atoms with Crippen LogP contribution in [-0.2, 0) is 13.2 Å². The molecular weight excluding hydrogens is 458 g/mol. The van der Waals surface area contributed by atoms with Crippen LogP contribution in [0, 0.1) is 13.8 Å². The third kappa shape index (κ3) is 6.05. The van der Waals surface area contributed by atoms with Gasteiger partial charge in [-0.25, -0.2) is 9.78 Å². The van der Waals surface area contributed by atoms with Crippen LogP contribution in [0.15, 0.2) is 71.1 Å². The van der Waals surface area contributed by atoms with Crippen molar-refractivity contribution >= 4 is 5.97 Å². The first kappa shape index (κ1) is 24.9. The Morgan fingerprint density at radius 1 is 0.917 bits per heavy atom. The zero-order chi connectivity index (χ0) is 25.5. The van der Waals surface area contributed by atoms with Gasteiger partial charge in [0.05, 0.1) is 6.61 Å². The van der Waals surface area contributed by atoms with Crippen LogP contribution < -0.4 is 14.2 Å². The maximum atomic E-state index is 11.8. The highest BCUT2D eigenvalue weighted by atomic mass is 16.5. The second-order valence-electron chi connectivity index (χ2n) is 8.38. The van der Waals surface area contributed by atoms with E-state index in [1.807, 2.05) is 68.4 Å². The Bertz CT molecular complexity index is 1310. The number of carboxylic acids is 1. The Balaban J connectivity index is 1.39. The number of nitrogens with zero attached hydrogens (tertiary/aromatic N) is 1. The molecule has 36 heavy (non-hydrogen) atoms. The maximum Gasteiger partial charge on any atom is 0.339 e. The van der Waals surface area contributed by atoms with Crippen molar-refractivity contribution in [2.24, 2.45) is 0 Å². The molecule has 4 rings (SSSR count). The fraction of sp³-hybridized carbons (Fsp3) is 0.241. The molecule has 0 spiro atoms. The van der Waals surface area contributed by atoms with Crippen LogP contribution in [0.4, 0.5) is 0 Å². The molecule has 4 aromatic rings. The molecule has 3 aromatic carbocycles. The lowest BCUT2D eigenvalue weighted by Gasteiger charge is -2.14. The average Bonchev–Trinajstić information content (AvgIpc) is 3.26. The van der Waals surface area contributed by atoms with Crippen molar-refractivity contribution in [3.8, 4) is 28.7 Å². The van der Waals surface area contributed by atoms with Gasteiger partial charge in [0.2, 0.25) is 5.89 Å². The smallest absolute Gasteiger partial charge is 0.339 e. The van der Waals surface area contributed by atoms with E-state index in [1.54, 1.807) is 19.1 Å². The second-order valence-corrected chi connectivity index (χ2v) is 8.38. The van der Waals surface area contributed by atoms with Crippen LogP contribution in [-0.4, -0.2) is 22.7 Å². The van der Waals surface area contributed by atoms with E-state index in [2.05, 4.69) is 4.98 Å². The second kappa shape index (κ2) is 11.4. The Hall–Kier alpha value is -4.26. The third-order valence-electron chi connectivity index (χ3n) is 5.57. The molecule has 7 heteroatoms. The standard InChI is InChI=1S/C29H29NO6/c1-4-14-33-24-15-19(2)27(29(31)32)26(16-24)35-17-21-10-12-23(13-11-21)34-18-25-20(3)36-28(30-25)22-8-6-5-7-9-22/h5-13,15-16H,4,14,17-18H2,1-3H3,(H,31,32). The van der Waals surface area contributed by atoms with Gasteiger partial charge in [-0.1, -0.05) is 37.3 Å². The molecule has 0 bridgehead atoms. The fourth-order valence-corrected chi connectivity index (χ4v) is 3.67. The minimum absolute atomic E-state index is 0.136. The van der Waals surface area contributed by atoms with Crippen molar-refractivity contribution in [3.05, 3.63) is 94.9 Å². The lowest BCUT2D eigenvalue weighted by molar-refractivity contribution is 0.0691. The minimum Gasteiger partial charge on any atom is -0.493 e. The number of benzene rings is 3. The Labute approximate surface area is 210 Å². The highest BCUT2D eigenvalue weighted by Crippen LogP contribution is 2.30. The van der Waals surface area contributed by atoms with E-state index in [-0.39, 0.29) is 24.5 Å². The van der Waals surface area contributed by atoms with Gasteiger partial charge in [0.15, 0.2) is 0 Å². The van der Waals surface area contributed by atoms with Crippen LogP contribution in [0.3, 0.4) is 0 Å². The lowest BCUT2D eigenvalue weighted by atomic mass is 10.1. The first-order chi connectivity index (χ1) is 17.4. The Morgan fingerprint density at radius 2 is 1.67 bits per heavy atom. The van der Waals surface area contributed by atoms with Crippen molar-refractivity contribution in [3.63, 3.8) is 0 Å². The predicted octanol–water partition coefficient (Wildman–Crippen LogP) is 6.60. The first-order valence-corrected chi connectivity index (χ1v) is 11.8. The Kier molecular flexibility index (Phi) is 7.90. The van der Waals surface area contributed by atoms with Crippen molar-refractivity contribution in [1.29, 1.82) is 0 Å². The summed E-state index contributed by atoms with van der Waals surface area (Å²) >= 11 is 0. The summed E-state index contributed by atoms with van der Waals surface area (Å²) in [4.78, 5) is 16.3. The molecule has 0 aliphatic carbocycles. The van der Waals surface area contributed by atoms with Gasteiger partial charge in [-0.2, -0.15) is 0 Å². The van der Waals surface area contributed by atoms with E-state index in [4.69, 9.17) is 18.6 Å². The van der Waals surface area contributed by atoms with Gasteiger partial charge in [0, 0.05) is 11.6 Å². The normalized spacial score (nSPS) is 10.8. The van der Waals surface area contributed by atoms with Crippen LogP contribution in [0.2, 0.25) is 0 Å². The van der Waals surface area contributed by atoms with Crippen molar-refractivity contribution in [2.45, 2.75) is 40.4 Å². The van der Waals surface area contributed by atoms with E-state index in [0.29, 0.717) is 35.3 Å². The molecule has 0 fully saturated rings. The van der Waals surface area contributed by atoms with Crippen LogP contribution in [0.1, 0.15) is 46.3 Å². The van der Waals surface area contributed by atoms with Crippen LogP contribution in [0.25, 0.3) is 11.5 Å². The van der Waals surface area contributed by atoms with E-state index in [9.17, 15) is 9.90 Å². The predicted molar refractivity (Wildman–Crippen MR) is 136 cm³/mol. The molecule has 0 saturated heterocycles. The summed E-state index contributed by atoms with van der Waals surface area (Å²) in [5.74, 6) is 1.81. The molecule has 1 aromatic heterocycles. The molecule has 0 atom stereocenters. The summed E-state index contributed by atoms with van der Waals surface area (Å²) in [6.45, 7) is 6.66. The summed E-state index contributed by atoms with van der Waals surface area (Å²) in [7, 11) is 0. The molecule has 7 nitrogen and oxygen atoms in total. The molecular formula is C29H29NO6. The van der Waals surface area contributed by atoms with E-state index in [0.717, 1.165) is 23.2 Å². The fourth-order valence-electron chi connectivity index (χ4n) is 3.67. The van der Waals surface area contributed by atoms with Gasteiger partial charge in [0.1, 0.15) is 47.5 Å². The van der Waals surface area contributed by atoms with Crippen LogP contribution in [0.5, 0.6) is 17.2 Å². The van der Waals surface area contributed by atoms with Gasteiger partial charge >= 0.3 is 5.97 Å². The summed E-state index contributed by atoms with van der Waals surface area (Å²) < 4.78 is 23.3. The van der Waals surface area contributed by atoms with Gasteiger partial charge in [-0.05, 0) is 61.7 Å². The summed E-state index contributed by atoms with van der Waals surface area (Å²) in [6, 6.07) is 20.5. The Morgan fingerprint density at radius 3 is 2.36 bits per heavy atom. The topological polar surface area (TPSA) is 91.0 Å². The molecule has 0 aliphatic heterocycles. The van der Waals surface area contributed by atoms with Crippen molar-refractivity contribution in [1.82, 2.24) is 4.98 Å². The van der Waals surface area contributed by atoms with Gasteiger partial charge in [-0.3, -0.25) is 0 Å². The quantitative estimate of drug-likeness (QED) is 0.255. The summed E-state index contributed by atoms with van der Waals surface area (Å²) in [5.41, 5.74) is 3.26. The highest BCUT2D eigenvalue weighted by Gasteiger charge is 2.17. The van der Waals surface area contributed by atoms with Crippen LogP contribution >= 0.6 is 0 Å². The number of hydrogen-bond acceptors (Lipinski definition) is 6. The number of hydrogen-bond donors (Lipinski definition) is 1. The zero-order valence-corrected chi connectivity index (χ0v) is 20.6. The molecule has 1 N–H and O–H groups in total. The molecule has 0 unspecified atom stereocenters. The summed E-state index contributed by atoms with van der Waals surface area (Å²) in [6.07, 6.45) is 0.856. The molecule has 0 amide bonds. The van der Waals surface area contributed by atoms with Gasteiger partial charge in [0.25, 0.3) is 0 Å². The van der Waals surface area contributed by atoms with Crippen molar-refractivity contribution in [2.75, 3.05) is 6.61 Å². The number of rotatable bonds is 11. The third-order valence-corrected chi connectivity index (χ3v) is 5.57. The number of oxazole rings is 1. The number of aromatic carboxylic acids is 1. The molecule has 186 valence electrons. The van der Waals surface area contributed by atoms with Crippen molar-refractivity contribution < 1.29 is 28.5 Å².